The Kier molecular flexibility index (Phi) is 4.18. The number of fused-ring (bicyclic) bond motifs is 3. The van der Waals surface area contributed by atoms with E-state index in [-0.39, 0.29) is 24.7 Å². The summed E-state index contributed by atoms with van der Waals surface area (Å²) < 4.78 is 0. The third-order valence-electron chi connectivity index (χ3n) is 4.93. The molecule has 0 saturated carbocycles. The first kappa shape index (κ1) is 17.6. The molecule has 1 N–H and O–H groups in total. The second-order valence-corrected chi connectivity index (χ2v) is 7.78. The zero-order chi connectivity index (χ0) is 19.2. The van der Waals surface area contributed by atoms with Gasteiger partial charge in [-0.25, -0.2) is 0 Å². The molecular formula is C18H19N5O3S. The summed E-state index contributed by atoms with van der Waals surface area (Å²) in [5, 5.41) is 11.7. The lowest BCUT2D eigenvalue weighted by molar-refractivity contribution is -0.128. The Bertz CT molecular complexity index is 943. The molecule has 1 fully saturated rings. The highest BCUT2D eigenvalue weighted by Gasteiger charge is 2.60. The first-order valence-corrected chi connectivity index (χ1v) is 9.66. The van der Waals surface area contributed by atoms with E-state index in [1.807, 2.05) is 6.92 Å². The molecule has 2 aliphatic heterocycles. The van der Waals surface area contributed by atoms with E-state index in [0.29, 0.717) is 29.3 Å². The molecule has 0 radical (unpaired) electrons. The van der Waals surface area contributed by atoms with Crippen LogP contribution in [0.3, 0.4) is 0 Å². The summed E-state index contributed by atoms with van der Waals surface area (Å²) in [5.74, 6) is -0.831. The number of nitrogens with one attached hydrogen (secondary N) is 1. The smallest absolute Gasteiger partial charge is 0.273 e. The molecule has 4 rings (SSSR count). The van der Waals surface area contributed by atoms with Crippen molar-refractivity contribution < 1.29 is 14.4 Å². The number of hydrogen-bond donors (Lipinski definition) is 1. The Hall–Kier alpha value is -2.81. The Morgan fingerprint density at radius 1 is 1.30 bits per heavy atom. The van der Waals surface area contributed by atoms with Crippen molar-refractivity contribution in [2.75, 3.05) is 16.8 Å². The van der Waals surface area contributed by atoms with Gasteiger partial charge < -0.3 is 4.90 Å². The van der Waals surface area contributed by atoms with E-state index in [1.54, 1.807) is 31.2 Å². The molecule has 140 valence electrons. The molecule has 0 spiro atoms. The maximum absolute atomic E-state index is 13.4. The van der Waals surface area contributed by atoms with Crippen LogP contribution in [0.1, 0.15) is 41.6 Å². The van der Waals surface area contributed by atoms with E-state index in [0.717, 1.165) is 5.01 Å². The molecule has 2 aliphatic rings. The van der Waals surface area contributed by atoms with Crippen molar-refractivity contribution in [3.63, 3.8) is 0 Å². The van der Waals surface area contributed by atoms with Gasteiger partial charge in [-0.2, -0.15) is 0 Å². The Morgan fingerprint density at radius 2 is 2.07 bits per heavy atom. The highest BCUT2D eigenvalue weighted by molar-refractivity contribution is 7.15. The van der Waals surface area contributed by atoms with Gasteiger partial charge in [-0.1, -0.05) is 30.4 Å². The molecule has 27 heavy (non-hydrogen) atoms. The van der Waals surface area contributed by atoms with Crippen LogP contribution in [0.25, 0.3) is 0 Å². The van der Waals surface area contributed by atoms with Crippen molar-refractivity contribution in [1.82, 2.24) is 15.1 Å². The number of carbonyl (C=O) groups excluding carboxylic acids is 3. The molecule has 1 saturated heterocycles. The number of amides is 3. The quantitative estimate of drug-likeness (QED) is 0.870. The van der Waals surface area contributed by atoms with Gasteiger partial charge in [0.15, 0.2) is 0 Å². The summed E-state index contributed by atoms with van der Waals surface area (Å²) in [6.07, 6.45) is 1.11. The largest absolute Gasteiger partial charge is 0.307 e. The lowest BCUT2D eigenvalue weighted by atomic mass is 9.95. The van der Waals surface area contributed by atoms with Crippen LogP contribution in [0, 0.1) is 6.92 Å². The summed E-state index contributed by atoms with van der Waals surface area (Å²) in [4.78, 5) is 42.4. The predicted molar refractivity (Wildman–Crippen MR) is 100 cm³/mol. The van der Waals surface area contributed by atoms with Crippen molar-refractivity contribution in [1.29, 1.82) is 0 Å². The minimum absolute atomic E-state index is 0.167. The summed E-state index contributed by atoms with van der Waals surface area (Å²) in [6.45, 7) is 4.11. The van der Waals surface area contributed by atoms with Gasteiger partial charge >= 0.3 is 0 Å². The van der Waals surface area contributed by atoms with E-state index in [9.17, 15) is 14.4 Å². The minimum atomic E-state index is -1.38. The predicted octanol–water partition coefficient (Wildman–Crippen LogP) is 2.17. The summed E-state index contributed by atoms with van der Waals surface area (Å²) in [7, 11) is 0. The fourth-order valence-corrected chi connectivity index (χ4v) is 4.44. The van der Waals surface area contributed by atoms with E-state index in [1.165, 1.54) is 21.1 Å². The standard InChI is InChI=1S/C18H19N5O3S/c1-3-10-22-15(25)12-6-4-5-7-13(12)23-14(24)8-9-18(22,23)16(26)19-17-21-20-11(2)27-17/h4-7H,3,8-10H2,1-2H3,(H,19,21,26)/t18-/m1/s1. The van der Waals surface area contributed by atoms with Gasteiger partial charge in [0, 0.05) is 19.4 Å². The number of hydrogen-bond acceptors (Lipinski definition) is 6. The summed E-state index contributed by atoms with van der Waals surface area (Å²) >= 11 is 1.25. The van der Waals surface area contributed by atoms with Crippen molar-refractivity contribution in [3.05, 3.63) is 34.8 Å². The van der Waals surface area contributed by atoms with Crippen molar-refractivity contribution in [2.45, 2.75) is 38.8 Å². The number of nitrogens with zero attached hydrogens (tertiary/aromatic N) is 4. The fourth-order valence-electron chi connectivity index (χ4n) is 3.86. The van der Waals surface area contributed by atoms with E-state index >= 15 is 0 Å². The van der Waals surface area contributed by atoms with Gasteiger partial charge in [0.25, 0.3) is 11.8 Å². The highest BCUT2D eigenvalue weighted by Crippen LogP contribution is 2.45. The Balaban J connectivity index is 1.85. The van der Waals surface area contributed by atoms with Gasteiger partial charge in [0.1, 0.15) is 5.01 Å². The van der Waals surface area contributed by atoms with Gasteiger partial charge in [0.2, 0.25) is 16.7 Å². The normalized spacial score (nSPS) is 21.3. The lowest BCUT2D eigenvalue weighted by Crippen LogP contribution is -2.69. The number of rotatable bonds is 4. The maximum atomic E-state index is 13.4. The molecule has 1 atom stereocenters. The zero-order valence-corrected chi connectivity index (χ0v) is 15.9. The number of carbonyl (C=O) groups is 3. The van der Waals surface area contributed by atoms with Crippen LogP contribution >= 0.6 is 11.3 Å². The lowest BCUT2D eigenvalue weighted by Gasteiger charge is -2.48. The molecule has 1 aromatic heterocycles. The fraction of sp³-hybridized carbons (Fsp3) is 0.389. The molecule has 0 unspecified atom stereocenters. The molecular weight excluding hydrogens is 366 g/mol. The average Bonchev–Trinajstić information content (AvgIpc) is 3.22. The van der Waals surface area contributed by atoms with Crippen LogP contribution in [0.4, 0.5) is 10.8 Å². The SMILES string of the molecule is CCCN1C(=O)c2ccccc2N2C(=O)CC[C@@]12C(=O)Nc1nnc(C)s1. The van der Waals surface area contributed by atoms with Crippen molar-refractivity contribution >= 4 is 39.9 Å². The Labute approximate surface area is 160 Å². The molecule has 2 aromatic rings. The summed E-state index contributed by atoms with van der Waals surface area (Å²) in [6, 6.07) is 6.95. The number of benzene rings is 1. The third kappa shape index (κ3) is 2.53. The van der Waals surface area contributed by atoms with Crippen LogP contribution in [0.15, 0.2) is 24.3 Å². The Morgan fingerprint density at radius 3 is 2.78 bits per heavy atom. The van der Waals surface area contributed by atoms with Crippen LogP contribution in [-0.2, 0) is 9.59 Å². The molecule has 3 amide bonds. The van der Waals surface area contributed by atoms with E-state index in [4.69, 9.17) is 0 Å². The van der Waals surface area contributed by atoms with Gasteiger partial charge in [-0.15, -0.1) is 10.2 Å². The first-order valence-electron chi connectivity index (χ1n) is 8.84. The maximum Gasteiger partial charge on any atom is 0.273 e. The number of anilines is 2. The van der Waals surface area contributed by atoms with Crippen LogP contribution in [0.2, 0.25) is 0 Å². The van der Waals surface area contributed by atoms with Crippen LogP contribution in [-0.4, -0.2) is 45.0 Å². The molecule has 1 aromatic carbocycles. The number of aryl methyl sites for hydroxylation is 1. The topological polar surface area (TPSA) is 95.5 Å². The van der Waals surface area contributed by atoms with Gasteiger partial charge in [-0.3, -0.25) is 24.6 Å². The first-order chi connectivity index (χ1) is 13.0. The van der Waals surface area contributed by atoms with Crippen LogP contribution in [0.5, 0.6) is 0 Å². The van der Waals surface area contributed by atoms with Crippen molar-refractivity contribution in [2.24, 2.45) is 0 Å². The zero-order valence-electron chi connectivity index (χ0n) is 15.1. The van der Waals surface area contributed by atoms with Crippen molar-refractivity contribution in [3.8, 4) is 0 Å². The molecule has 0 aliphatic carbocycles. The minimum Gasteiger partial charge on any atom is -0.307 e. The van der Waals surface area contributed by atoms with E-state index < -0.39 is 11.6 Å². The molecule has 8 nitrogen and oxygen atoms in total. The van der Waals surface area contributed by atoms with E-state index in [2.05, 4.69) is 15.5 Å². The number of aromatic nitrogens is 2. The molecule has 3 heterocycles. The average molecular weight is 385 g/mol. The van der Waals surface area contributed by atoms with Gasteiger partial charge in [0.05, 0.1) is 11.3 Å². The second kappa shape index (κ2) is 6.41. The third-order valence-corrected chi connectivity index (χ3v) is 5.69. The van der Waals surface area contributed by atoms with Crippen LogP contribution < -0.4 is 10.2 Å². The highest BCUT2D eigenvalue weighted by atomic mass is 32.1. The van der Waals surface area contributed by atoms with Gasteiger partial charge in [-0.05, 0) is 25.5 Å². The summed E-state index contributed by atoms with van der Waals surface area (Å²) in [5.41, 5.74) is -0.449. The molecule has 9 heteroatoms. The second-order valence-electron chi connectivity index (χ2n) is 6.60. The number of para-hydroxylation sites is 1. The molecule has 0 bridgehead atoms. The monoisotopic (exact) mass is 385 g/mol.